The van der Waals surface area contributed by atoms with Gasteiger partial charge in [-0.15, -0.1) is 0 Å². The first-order valence-corrected chi connectivity index (χ1v) is 11.3. The number of hydrogen-bond donors (Lipinski definition) is 2. The fourth-order valence-electron chi connectivity index (χ4n) is 4.32. The zero-order chi connectivity index (χ0) is 19.9. The largest absolute Gasteiger partial charge is 0.469 e. The highest BCUT2D eigenvalue weighted by Gasteiger charge is 2.22. The molecule has 7 nitrogen and oxygen atoms in total. The van der Waals surface area contributed by atoms with Crippen LogP contribution in [0.15, 0.2) is 27.8 Å². The van der Waals surface area contributed by atoms with Crippen molar-refractivity contribution in [2.45, 2.75) is 77.3 Å². The summed E-state index contributed by atoms with van der Waals surface area (Å²) in [4.78, 5) is 9.58. The van der Waals surface area contributed by atoms with Gasteiger partial charge in [0.05, 0.1) is 12.8 Å². The molecule has 1 fully saturated rings. The van der Waals surface area contributed by atoms with Crippen LogP contribution in [-0.4, -0.2) is 39.9 Å². The SMILES string of the molecule is CCc1nc2n(n1)CC(NC(=NCC1CCCCC1)NCCc1ccco1)CC2. The summed E-state index contributed by atoms with van der Waals surface area (Å²) in [6.45, 7) is 4.68. The number of aryl methyl sites for hydroxylation is 2. The van der Waals surface area contributed by atoms with Crippen LogP contribution in [0.3, 0.4) is 0 Å². The van der Waals surface area contributed by atoms with Crippen molar-refractivity contribution in [2.75, 3.05) is 13.1 Å². The first kappa shape index (κ1) is 20.0. The van der Waals surface area contributed by atoms with Gasteiger partial charge in [0, 0.05) is 38.4 Å². The maximum atomic E-state index is 5.45. The van der Waals surface area contributed by atoms with Gasteiger partial charge < -0.3 is 15.1 Å². The molecule has 0 spiro atoms. The minimum atomic E-state index is 0.329. The van der Waals surface area contributed by atoms with Gasteiger partial charge in [-0.3, -0.25) is 4.99 Å². The Bertz CT molecular complexity index is 775. The summed E-state index contributed by atoms with van der Waals surface area (Å²) in [6.07, 6.45) is 12.2. The zero-order valence-corrected chi connectivity index (χ0v) is 17.6. The summed E-state index contributed by atoms with van der Waals surface area (Å²) in [6, 6.07) is 4.29. The third kappa shape index (κ3) is 5.61. The number of fused-ring (bicyclic) bond motifs is 1. The number of furan rings is 1. The molecule has 1 aliphatic heterocycles. The van der Waals surface area contributed by atoms with Gasteiger partial charge in [0.25, 0.3) is 0 Å². The molecule has 0 saturated heterocycles. The third-order valence-corrected chi connectivity index (χ3v) is 6.04. The molecular weight excluding hydrogens is 364 g/mol. The Morgan fingerprint density at radius 1 is 1.28 bits per heavy atom. The Balaban J connectivity index is 1.35. The van der Waals surface area contributed by atoms with Crippen molar-refractivity contribution >= 4 is 5.96 Å². The summed E-state index contributed by atoms with van der Waals surface area (Å²) >= 11 is 0. The molecular formula is C22H34N6O. The molecule has 158 valence electrons. The number of aromatic nitrogens is 3. The van der Waals surface area contributed by atoms with Crippen LogP contribution in [0.1, 0.15) is 62.9 Å². The van der Waals surface area contributed by atoms with Crippen LogP contribution in [0.25, 0.3) is 0 Å². The smallest absolute Gasteiger partial charge is 0.191 e. The van der Waals surface area contributed by atoms with Gasteiger partial charge in [0.15, 0.2) is 11.8 Å². The van der Waals surface area contributed by atoms with E-state index in [1.165, 1.54) is 32.1 Å². The minimum absolute atomic E-state index is 0.329. The molecule has 0 radical (unpaired) electrons. The van der Waals surface area contributed by atoms with Gasteiger partial charge in [-0.1, -0.05) is 26.2 Å². The van der Waals surface area contributed by atoms with E-state index >= 15 is 0 Å². The first-order valence-electron chi connectivity index (χ1n) is 11.3. The molecule has 7 heteroatoms. The van der Waals surface area contributed by atoms with Gasteiger partial charge in [-0.2, -0.15) is 5.10 Å². The van der Waals surface area contributed by atoms with E-state index in [-0.39, 0.29) is 0 Å². The Kier molecular flexibility index (Phi) is 6.85. The molecule has 4 rings (SSSR count). The Morgan fingerprint density at radius 2 is 2.17 bits per heavy atom. The number of aliphatic imine (C=N–C) groups is 1. The van der Waals surface area contributed by atoms with E-state index in [4.69, 9.17) is 9.41 Å². The highest BCUT2D eigenvalue weighted by molar-refractivity contribution is 5.80. The van der Waals surface area contributed by atoms with Crippen molar-refractivity contribution < 1.29 is 4.42 Å². The van der Waals surface area contributed by atoms with Crippen molar-refractivity contribution in [3.05, 3.63) is 35.8 Å². The molecule has 1 saturated carbocycles. The molecule has 0 amide bonds. The van der Waals surface area contributed by atoms with Crippen LogP contribution >= 0.6 is 0 Å². The standard InChI is InChI=1S/C22H34N6O/c1-2-20-26-21-11-10-18(16-28(21)27-20)25-22(23-13-12-19-9-6-14-29-19)24-15-17-7-4-3-5-8-17/h6,9,14,17-18H,2-5,7-8,10-13,15-16H2,1H3,(H2,23,24,25). The van der Waals surface area contributed by atoms with E-state index in [0.29, 0.717) is 6.04 Å². The lowest BCUT2D eigenvalue weighted by Crippen LogP contribution is -2.47. The Morgan fingerprint density at radius 3 is 2.97 bits per heavy atom. The number of guanidine groups is 1. The highest BCUT2D eigenvalue weighted by Crippen LogP contribution is 2.23. The van der Waals surface area contributed by atoms with Crippen molar-refractivity contribution in [1.29, 1.82) is 0 Å². The van der Waals surface area contributed by atoms with Crippen molar-refractivity contribution in [3.8, 4) is 0 Å². The second-order valence-electron chi connectivity index (χ2n) is 8.31. The molecule has 1 unspecified atom stereocenters. The lowest BCUT2D eigenvalue weighted by Gasteiger charge is -2.26. The molecule has 0 aromatic carbocycles. The predicted octanol–water partition coefficient (Wildman–Crippen LogP) is 3.11. The highest BCUT2D eigenvalue weighted by atomic mass is 16.3. The van der Waals surface area contributed by atoms with Crippen LogP contribution in [-0.2, 0) is 25.8 Å². The zero-order valence-electron chi connectivity index (χ0n) is 17.6. The lowest BCUT2D eigenvalue weighted by atomic mass is 9.89. The number of nitrogens with one attached hydrogen (secondary N) is 2. The van der Waals surface area contributed by atoms with Crippen LogP contribution < -0.4 is 10.6 Å². The molecule has 2 aromatic rings. The van der Waals surface area contributed by atoms with Crippen LogP contribution in [0.4, 0.5) is 0 Å². The molecule has 2 aromatic heterocycles. The summed E-state index contributed by atoms with van der Waals surface area (Å²) in [5, 5.41) is 11.8. The van der Waals surface area contributed by atoms with E-state index in [2.05, 4.69) is 32.3 Å². The Labute approximate surface area is 173 Å². The van der Waals surface area contributed by atoms with E-state index in [1.807, 2.05) is 12.1 Å². The average Bonchev–Trinajstić information content (AvgIpc) is 3.41. The fraction of sp³-hybridized carbons (Fsp3) is 0.682. The van der Waals surface area contributed by atoms with Crippen LogP contribution in [0, 0.1) is 5.92 Å². The van der Waals surface area contributed by atoms with Crippen LogP contribution in [0.5, 0.6) is 0 Å². The van der Waals surface area contributed by atoms with E-state index in [0.717, 1.165) is 74.6 Å². The van der Waals surface area contributed by atoms with Gasteiger partial charge in [-0.05, 0) is 37.3 Å². The monoisotopic (exact) mass is 398 g/mol. The maximum absolute atomic E-state index is 5.45. The second-order valence-corrected chi connectivity index (χ2v) is 8.31. The van der Waals surface area contributed by atoms with E-state index in [1.54, 1.807) is 6.26 Å². The number of nitrogens with zero attached hydrogens (tertiary/aromatic N) is 4. The van der Waals surface area contributed by atoms with Gasteiger partial charge in [-0.25, -0.2) is 9.67 Å². The lowest BCUT2D eigenvalue weighted by molar-refractivity contribution is 0.364. The minimum Gasteiger partial charge on any atom is -0.469 e. The molecule has 1 aliphatic carbocycles. The fourth-order valence-corrected chi connectivity index (χ4v) is 4.32. The molecule has 2 N–H and O–H groups in total. The number of rotatable bonds is 7. The molecule has 29 heavy (non-hydrogen) atoms. The number of hydrogen-bond acceptors (Lipinski definition) is 4. The summed E-state index contributed by atoms with van der Waals surface area (Å²) in [7, 11) is 0. The quantitative estimate of drug-likeness (QED) is 0.553. The summed E-state index contributed by atoms with van der Waals surface area (Å²) < 4.78 is 7.52. The van der Waals surface area contributed by atoms with Gasteiger partial charge in [0.1, 0.15) is 11.6 Å². The average molecular weight is 399 g/mol. The first-order chi connectivity index (χ1) is 14.3. The van der Waals surface area contributed by atoms with Gasteiger partial charge in [0.2, 0.25) is 0 Å². The van der Waals surface area contributed by atoms with Crippen molar-refractivity contribution in [1.82, 2.24) is 25.4 Å². The predicted molar refractivity (Wildman–Crippen MR) is 114 cm³/mol. The second kappa shape index (κ2) is 9.94. The van der Waals surface area contributed by atoms with E-state index < -0.39 is 0 Å². The molecule has 0 bridgehead atoms. The van der Waals surface area contributed by atoms with E-state index in [9.17, 15) is 0 Å². The van der Waals surface area contributed by atoms with Crippen LogP contribution in [0.2, 0.25) is 0 Å². The van der Waals surface area contributed by atoms with Crippen molar-refractivity contribution in [2.24, 2.45) is 10.9 Å². The maximum Gasteiger partial charge on any atom is 0.191 e. The summed E-state index contributed by atoms with van der Waals surface area (Å²) in [5.74, 6) is 4.72. The third-order valence-electron chi connectivity index (χ3n) is 6.04. The Hall–Kier alpha value is -2.31. The molecule has 2 aliphatic rings. The van der Waals surface area contributed by atoms with Crippen molar-refractivity contribution in [3.63, 3.8) is 0 Å². The normalized spacial score (nSPS) is 20.4. The summed E-state index contributed by atoms with van der Waals surface area (Å²) in [5.41, 5.74) is 0. The molecule has 3 heterocycles. The molecule has 1 atom stereocenters. The topological polar surface area (TPSA) is 80.3 Å². The van der Waals surface area contributed by atoms with Gasteiger partial charge >= 0.3 is 0 Å².